The first-order valence-electron chi connectivity index (χ1n) is 8.73. The fourth-order valence-corrected chi connectivity index (χ4v) is 4.26. The molecule has 0 bridgehead atoms. The van der Waals surface area contributed by atoms with Crippen LogP contribution in [0, 0.1) is 19.8 Å². The lowest BCUT2D eigenvalue weighted by atomic mass is 9.89. The monoisotopic (exact) mass is 430 g/mol. The van der Waals surface area contributed by atoms with E-state index in [-0.39, 0.29) is 36.8 Å². The number of hydrogen-bond acceptors (Lipinski definition) is 5. The SMILES string of the molecule is Cc1nc(NC(=O)C(C)N2C[C@@H](CN)[C@H](c3ccccc3)C2)sc1C.Cl.Cl. The first-order valence-corrected chi connectivity index (χ1v) is 9.55. The summed E-state index contributed by atoms with van der Waals surface area (Å²) in [5.41, 5.74) is 8.29. The number of anilines is 1. The van der Waals surface area contributed by atoms with Gasteiger partial charge in [0, 0.05) is 23.9 Å². The van der Waals surface area contributed by atoms with Crippen LogP contribution in [-0.2, 0) is 4.79 Å². The second-order valence-electron chi connectivity index (χ2n) is 6.79. The van der Waals surface area contributed by atoms with Crippen molar-refractivity contribution >= 4 is 47.2 Å². The van der Waals surface area contributed by atoms with Crippen LogP contribution in [0.4, 0.5) is 5.13 Å². The Labute approximate surface area is 177 Å². The Balaban J connectivity index is 0.00000182. The summed E-state index contributed by atoms with van der Waals surface area (Å²) in [6, 6.07) is 10.3. The maximum Gasteiger partial charge on any atom is 0.243 e. The number of nitrogens with two attached hydrogens (primary N) is 1. The van der Waals surface area contributed by atoms with Crippen molar-refractivity contribution in [1.29, 1.82) is 0 Å². The van der Waals surface area contributed by atoms with E-state index in [2.05, 4.69) is 39.5 Å². The number of aryl methyl sites for hydroxylation is 2. The molecule has 27 heavy (non-hydrogen) atoms. The van der Waals surface area contributed by atoms with Crippen molar-refractivity contribution in [1.82, 2.24) is 9.88 Å². The van der Waals surface area contributed by atoms with E-state index < -0.39 is 0 Å². The number of rotatable bonds is 5. The van der Waals surface area contributed by atoms with Gasteiger partial charge in [-0.2, -0.15) is 0 Å². The zero-order valence-electron chi connectivity index (χ0n) is 15.8. The van der Waals surface area contributed by atoms with E-state index in [0.29, 0.717) is 23.5 Å². The fraction of sp³-hybridized carbons (Fsp3) is 0.474. The summed E-state index contributed by atoms with van der Waals surface area (Å²) in [5.74, 6) is 0.756. The largest absolute Gasteiger partial charge is 0.330 e. The molecule has 3 atom stereocenters. The average Bonchev–Trinajstić information content (AvgIpc) is 3.18. The number of nitrogens with one attached hydrogen (secondary N) is 1. The van der Waals surface area contributed by atoms with Crippen LogP contribution in [0.3, 0.4) is 0 Å². The number of hydrogen-bond donors (Lipinski definition) is 2. The summed E-state index contributed by atoms with van der Waals surface area (Å²) in [7, 11) is 0. The van der Waals surface area contributed by atoms with E-state index in [4.69, 9.17) is 5.73 Å². The zero-order valence-corrected chi connectivity index (χ0v) is 18.3. The maximum absolute atomic E-state index is 12.6. The van der Waals surface area contributed by atoms with E-state index in [1.165, 1.54) is 16.9 Å². The lowest BCUT2D eigenvalue weighted by Crippen LogP contribution is -2.41. The van der Waals surface area contributed by atoms with Gasteiger partial charge in [-0.15, -0.1) is 36.2 Å². The summed E-state index contributed by atoms with van der Waals surface area (Å²) < 4.78 is 0. The van der Waals surface area contributed by atoms with Crippen LogP contribution in [-0.4, -0.2) is 41.5 Å². The van der Waals surface area contributed by atoms with Gasteiger partial charge in [-0.3, -0.25) is 9.69 Å². The van der Waals surface area contributed by atoms with Gasteiger partial charge in [0.25, 0.3) is 0 Å². The minimum Gasteiger partial charge on any atom is -0.330 e. The molecular weight excluding hydrogens is 403 g/mol. The minimum absolute atomic E-state index is 0. The van der Waals surface area contributed by atoms with Crippen molar-refractivity contribution in [2.24, 2.45) is 11.7 Å². The number of amides is 1. The molecule has 8 heteroatoms. The number of aromatic nitrogens is 1. The summed E-state index contributed by atoms with van der Waals surface area (Å²) in [5, 5.41) is 3.64. The maximum atomic E-state index is 12.6. The molecule has 1 saturated heterocycles. The molecule has 2 heterocycles. The number of benzene rings is 1. The van der Waals surface area contributed by atoms with Crippen LogP contribution in [0.1, 0.15) is 29.0 Å². The van der Waals surface area contributed by atoms with E-state index in [1.54, 1.807) is 0 Å². The number of likely N-dealkylation sites (tertiary alicyclic amines) is 1. The van der Waals surface area contributed by atoms with Crippen molar-refractivity contribution in [3.8, 4) is 0 Å². The van der Waals surface area contributed by atoms with Gasteiger partial charge in [0.05, 0.1) is 11.7 Å². The molecule has 1 fully saturated rings. The zero-order chi connectivity index (χ0) is 18.0. The predicted molar refractivity (Wildman–Crippen MR) is 117 cm³/mol. The number of carbonyl (C=O) groups is 1. The normalized spacial score (nSPS) is 20.4. The molecule has 1 amide bonds. The molecule has 2 aromatic rings. The third-order valence-corrected chi connectivity index (χ3v) is 6.17. The van der Waals surface area contributed by atoms with E-state index in [9.17, 15) is 4.79 Å². The quantitative estimate of drug-likeness (QED) is 0.759. The van der Waals surface area contributed by atoms with Gasteiger partial charge in [-0.1, -0.05) is 30.3 Å². The Bertz CT molecular complexity index is 721. The number of carbonyl (C=O) groups excluding carboxylic acids is 1. The van der Waals surface area contributed by atoms with Crippen LogP contribution in [0.2, 0.25) is 0 Å². The first kappa shape index (κ1) is 23.9. The third-order valence-electron chi connectivity index (χ3n) is 5.19. The Morgan fingerprint density at radius 2 is 1.96 bits per heavy atom. The van der Waals surface area contributed by atoms with Gasteiger partial charge in [0.15, 0.2) is 5.13 Å². The van der Waals surface area contributed by atoms with E-state index in [1.807, 2.05) is 26.8 Å². The lowest BCUT2D eigenvalue weighted by Gasteiger charge is -2.23. The van der Waals surface area contributed by atoms with Gasteiger partial charge in [-0.25, -0.2) is 4.98 Å². The highest BCUT2D eigenvalue weighted by atomic mass is 35.5. The van der Waals surface area contributed by atoms with E-state index in [0.717, 1.165) is 23.7 Å². The van der Waals surface area contributed by atoms with Gasteiger partial charge < -0.3 is 11.1 Å². The summed E-state index contributed by atoms with van der Waals surface area (Å²) >= 11 is 1.52. The van der Waals surface area contributed by atoms with Crippen LogP contribution in [0.5, 0.6) is 0 Å². The minimum atomic E-state index is -0.202. The Kier molecular flexibility index (Phi) is 9.18. The van der Waals surface area contributed by atoms with Crippen molar-refractivity contribution in [3.63, 3.8) is 0 Å². The van der Waals surface area contributed by atoms with Gasteiger partial charge in [-0.05, 0) is 38.8 Å². The Morgan fingerprint density at radius 3 is 2.52 bits per heavy atom. The molecule has 3 N–H and O–H groups in total. The Morgan fingerprint density at radius 1 is 1.30 bits per heavy atom. The number of halogens is 2. The fourth-order valence-electron chi connectivity index (χ4n) is 3.44. The summed E-state index contributed by atoms with van der Waals surface area (Å²) in [6.45, 7) is 8.28. The molecule has 1 aromatic carbocycles. The van der Waals surface area contributed by atoms with Crippen molar-refractivity contribution in [3.05, 3.63) is 46.5 Å². The molecule has 5 nitrogen and oxygen atoms in total. The third kappa shape index (κ3) is 5.42. The van der Waals surface area contributed by atoms with Crippen molar-refractivity contribution in [2.75, 3.05) is 25.0 Å². The Hall–Kier alpha value is -1.18. The molecule has 3 rings (SSSR count). The highest BCUT2D eigenvalue weighted by Crippen LogP contribution is 2.33. The van der Waals surface area contributed by atoms with Gasteiger partial charge in [0.2, 0.25) is 5.91 Å². The molecule has 150 valence electrons. The molecular formula is C19H28Cl2N4OS. The smallest absolute Gasteiger partial charge is 0.243 e. The second-order valence-corrected chi connectivity index (χ2v) is 8.00. The van der Waals surface area contributed by atoms with Gasteiger partial charge >= 0.3 is 0 Å². The molecule has 0 aliphatic carbocycles. The number of nitrogens with zero attached hydrogens (tertiary/aromatic N) is 2. The molecule has 1 aromatic heterocycles. The van der Waals surface area contributed by atoms with Crippen LogP contribution in [0.15, 0.2) is 30.3 Å². The van der Waals surface area contributed by atoms with E-state index >= 15 is 0 Å². The molecule has 0 radical (unpaired) electrons. The summed E-state index contributed by atoms with van der Waals surface area (Å²) in [4.78, 5) is 20.4. The average molecular weight is 431 g/mol. The van der Waals surface area contributed by atoms with Crippen molar-refractivity contribution < 1.29 is 4.79 Å². The molecule has 1 aliphatic rings. The second kappa shape index (κ2) is 10.4. The highest BCUT2D eigenvalue weighted by molar-refractivity contribution is 7.15. The summed E-state index contributed by atoms with van der Waals surface area (Å²) in [6.07, 6.45) is 0. The first-order chi connectivity index (χ1) is 12.0. The van der Waals surface area contributed by atoms with Crippen molar-refractivity contribution in [2.45, 2.75) is 32.7 Å². The standard InChI is InChI=1S/C19H26N4OS.2ClH/c1-12-14(3)25-19(21-12)22-18(24)13(2)23-10-16(9-20)17(11-23)15-7-5-4-6-8-15;;/h4-8,13,16-17H,9-11,20H2,1-3H3,(H,21,22,24);2*1H/t13?,16-,17+;;/m1../s1. The molecule has 1 unspecified atom stereocenters. The van der Waals surface area contributed by atoms with Crippen LogP contribution < -0.4 is 11.1 Å². The van der Waals surface area contributed by atoms with Gasteiger partial charge in [0.1, 0.15) is 0 Å². The molecule has 0 saturated carbocycles. The topological polar surface area (TPSA) is 71.2 Å². The lowest BCUT2D eigenvalue weighted by molar-refractivity contribution is -0.120. The molecule has 0 spiro atoms. The highest BCUT2D eigenvalue weighted by Gasteiger charge is 2.37. The van der Waals surface area contributed by atoms with Crippen LogP contribution in [0.25, 0.3) is 0 Å². The number of thiazole rings is 1. The van der Waals surface area contributed by atoms with Crippen LogP contribution >= 0.6 is 36.2 Å². The predicted octanol–water partition coefficient (Wildman–Crippen LogP) is 3.60. The molecule has 1 aliphatic heterocycles.